The number of halogens is 2. The Kier molecular flexibility index (Phi) is 4.90. The number of hydrogen-bond acceptors (Lipinski definition) is 2. The van der Waals surface area contributed by atoms with Crippen LogP contribution < -0.4 is 0 Å². The van der Waals surface area contributed by atoms with E-state index in [-0.39, 0.29) is 12.6 Å². The van der Waals surface area contributed by atoms with Gasteiger partial charge < -0.3 is 5.11 Å². The molecule has 0 radical (unpaired) electrons. The summed E-state index contributed by atoms with van der Waals surface area (Å²) in [5.74, 6) is -2.50. The van der Waals surface area contributed by atoms with Crippen molar-refractivity contribution >= 4 is 5.97 Å². The van der Waals surface area contributed by atoms with Crippen LogP contribution in [0.25, 0.3) is 0 Å². The Labute approximate surface area is 139 Å². The fraction of sp³-hybridized carbons (Fsp3) is 0.316. The molecule has 1 saturated heterocycles. The van der Waals surface area contributed by atoms with Gasteiger partial charge in [0.1, 0.15) is 11.6 Å². The highest BCUT2D eigenvalue weighted by Crippen LogP contribution is 2.34. The third-order valence-corrected chi connectivity index (χ3v) is 4.61. The average Bonchev–Trinajstić information content (AvgIpc) is 2.58. The van der Waals surface area contributed by atoms with Gasteiger partial charge in [-0.3, -0.25) is 9.69 Å². The van der Waals surface area contributed by atoms with Crippen LogP contribution in [0.4, 0.5) is 8.78 Å². The Hall–Kier alpha value is -2.27. The van der Waals surface area contributed by atoms with E-state index in [1.54, 1.807) is 0 Å². The molecule has 3 rings (SSSR count). The first-order valence-electron chi connectivity index (χ1n) is 8.00. The molecule has 1 aliphatic heterocycles. The number of likely N-dealkylation sites (tertiary alicyclic amines) is 1. The summed E-state index contributed by atoms with van der Waals surface area (Å²) in [5, 5.41) is 9.32. The zero-order valence-electron chi connectivity index (χ0n) is 13.2. The number of carboxylic acids is 1. The highest BCUT2D eigenvalue weighted by atomic mass is 19.1. The molecule has 2 unspecified atom stereocenters. The second kappa shape index (κ2) is 7.09. The van der Waals surface area contributed by atoms with Crippen molar-refractivity contribution in [1.82, 2.24) is 4.90 Å². The predicted molar refractivity (Wildman–Crippen MR) is 86.3 cm³/mol. The molecular weight excluding hydrogens is 312 g/mol. The number of carbonyl (C=O) groups is 1. The van der Waals surface area contributed by atoms with Crippen molar-refractivity contribution in [1.29, 1.82) is 0 Å². The van der Waals surface area contributed by atoms with Gasteiger partial charge in [-0.1, -0.05) is 36.4 Å². The van der Waals surface area contributed by atoms with E-state index in [9.17, 15) is 18.7 Å². The summed E-state index contributed by atoms with van der Waals surface area (Å²) in [5.41, 5.74) is 1.47. The smallest absolute Gasteiger partial charge is 0.307 e. The Balaban J connectivity index is 1.87. The second-order valence-electron chi connectivity index (χ2n) is 6.20. The van der Waals surface area contributed by atoms with Crippen LogP contribution in [0.2, 0.25) is 0 Å². The molecule has 0 saturated carbocycles. The minimum absolute atomic E-state index is 0.0336. The number of nitrogens with zero attached hydrogens (tertiary/aromatic N) is 1. The third-order valence-electron chi connectivity index (χ3n) is 4.61. The van der Waals surface area contributed by atoms with E-state index in [1.165, 1.54) is 12.1 Å². The summed E-state index contributed by atoms with van der Waals surface area (Å²) in [6.45, 7) is 0.612. The molecule has 24 heavy (non-hydrogen) atoms. The molecule has 5 heteroatoms. The summed E-state index contributed by atoms with van der Waals surface area (Å²) < 4.78 is 27.1. The molecule has 3 nitrogen and oxygen atoms in total. The fourth-order valence-corrected chi connectivity index (χ4v) is 3.34. The van der Waals surface area contributed by atoms with Crippen molar-refractivity contribution in [3.8, 4) is 0 Å². The minimum atomic E-state index is -0.828. The molecule has 2 aromatic rings. The minimum Gasteiger partial charge on any atom is -0.481 e. The summed E-state index contributed by atoms with van der Waals surface area (Å²) in [4.78, 5) is 13.3. The topological polar surface area (TPSA) is 40.5 Å². The van der Waals surface area contributed by atoms with Gasteiger partial charge in [-0.25, -0.2) is 8.78 Å². The summed E-state index contributed by atoms with van der Waals surface area (Å²) in [6, 6.07) is 13.4. The van der Waals surface area contributed by atoms with E-state index in [2.05, 4.69) is 0 Å². The Bertz CT molecular complexity index is 721. The maximum Gasteiger partial charge on any atom is 0.307 e. The third kappa shape index (κ3) is 3.62. The zero-order valence-corrected chi connectivity index (χ0v) is 13.2. The summed E-state index contributed by atoms with van der Waals surface area (Å²) >= 11 is 0. The van der Waals surface area contributed by atoms with E-state index in [0.29, 0.717) is 24.9 Å². The van der Waals surface area contributed by atoms with Crippen LogP contribution >= 0.6 is 0 Å². The number of carboxylic acid groups (broad SMARTS) is 1. The van der Waals surface area contributed by atoms with E-state index < -0.39 is 23.5 Å². The maximum absolute atomic E-state index is 14.0. The first kappa shape index (κ1) is 16.6. The lowest BCUT2D eigenvalue weighted by Crippen LogP contribution is -2.40. The standard InChI is InChI=1S/C19H19F2NO2/c20-16-8-6-14(17(21)10-16)11-22-12-15(19(23)24)7-9-18(22)13-4-2-1-3-5-13/h1-6,8,10,15,18H,7,9,11-12H2,(H,23,24). The largest absolute Gasteiger partial charge is 0.481 e. The van der Waals surface area contributed by atoms with Crippen LogP contribution in [0.3, 0.4) is 0 Å². The van der Waals surface area contributed by atoms with Gasteiger partial charge in [0.15, 0.2) is 0 Å². The Morgan fingerprint density at radius 2 is 1.88 bits per heavy atom. The first-order chi connectivity index (χ1) is 11.5. The van der Waals surface area contributed by atoms with Gasteiger partial charge in [0.25, 0.3) is 0 Å². The zero-order chi connectivity index (χ0) is 17.1. The number of hydrogen-bond donors (Lipinski definition) is 1. The normalized spacial score (nSPS) is 21.6. The Morgan fingerprint density at radius 3 is 2.54 bits per heavy atom. The van der Waals surface area contributed by atoms with E-state index in [0.717, 1.165) is 11.6 Å². The van der Waals surface area contributed by atoms with Crippen LogP contribution in [-0.4, -0.2) is 22.5 Å². The van der Waals surface area contributed by atoms with Crippen LogP contribution in [-0.2, 0) is 11.3 Å². The van der Waals surface area contributed by atoms with Gasteiger partial charge in [-0.05, 0) is 24.5 Å². The highest BCUT2D eigenvalue weighted by Gasteiger charge is 2.33. The summed E-state index contributed by atoms with van der Waals surface area (Å²) in [7, 11) is 0. The highest BCUT2D eigenvalue weighted by molar-refractivity contribution is 5.70. The van der Waals surface area contributed by atoms with Gasteiger partial charge in [0.2, 0.25) is 0 Å². The number of benzene rings is 2. The lowest BCUT2D eigenvalue weighted by atomic mass is 9.88. The fourth-order valence-electron chi connectivity index (χ4n) is 3.34. The molecule has 0 amide bonds. The van der Waals surface area contributed by atoms with Crippen molar-refractivity contribution in [2.24, 2.45) is 5.92 Å². The van der Waals surface area contributed by atoms with Crippen molar-refractivity contribution in [2.75, 3.05) is 6.54 Å². The predicted octanol–water partition coefficient (Wildman–Crippen LogP) is 4.00. The average molecular weight is 331 g/mol. The van der Waals surface area contributed by atoms with Gasteiger partial charge in [0, 0.05) is 30.8 Å². The number of piperidine rings is 1. The second-order valence-corrected chi connectivity index (χ2v) is 6.20. The molecule has 1 heterocycles. The van der Waals surface area contributed by atoms with Crippen molar-refractivity contribution in [2.45, 2.75) is 25.4 Å². The van der Waals surface area contributed by atoms with E-state index in [1.807, 2.05) is 35.2 Å². The summed E-state index contributed by atoms with van der Waals surface area (Å²) in [6.07, 6.45) is 1.29. The van der Waals surface area contributed by atoms with Gasteiger partial charge >= 0.3 is 5.97 Å². The number of aliphatic carboxylic acids is 1. The van der Waals surface area contributed by atoms with Crippen molar-refractivity contribution < 1.29 is 18.7 Å². The molecule has 2 aromatic carbocycles. The maximum atomic E-state index is 14.0. The monoisotopic (exact) mass is 331 g/mol. The molecule has 0 spiro atoms. The lowest BCUT2D eigenvalue weighted by molar-refractivity contribution is -0.144. The molecule has 126 valence electrons. The quantitative estimate of drug-likeness (QED) is 0.920. The molecule has 0 aromatic heterocycles. The van der Waals surface area contributed by atoms with E-state index in [4.69, 9.17) is 0 Å². The lowest BCUT2D eigenvalue weighted by Gasteiger charge is -2.38. The van der Waals surface area contributed by atoms with Crippen molar-refractivity contribution in [3.63, 3.8) is 0 Å². The number of rotatable bonds is 4. The van der Waals surface area contributed by atoms with Crippen molar-refractivity contribution in [3.05, 3.63) is 71.3 Å². The first-order valence-corrected chi connectivity index (χ1v) is 8.00. The van der Waals surface area contributed by atoms with E-state index >= 15 is 0 Å². The molecule has 0 bridgehead atoms. The van der Waals surface area contributed by atoms with Crippen LogP contribution in [0.15, 0.2) is 48.5 Å². The SMILES string of the molecule is O=C(O)C1CCC(c2ccccc2)N(Cc2ccc(F)cc2F)C1. The molecule has 1 aliphatic rings. The van der Waals surface area contributed by atoms with Crippen LogP contribution in [0.1, 0.15) is 30.0 Å². The Morgan fingerprint density at radius 1 is 1.12 bits per heavy atom. The van der Waals surface area contributed by atoms with Gasteiger partial charge in [-0.2, -0.15) is 0 Å². The van der Waals surface area contributed by atoms with Gasteiger partial charge in [-0.15, -0.1) is 0 Å². The van der Waals surface area contributed by atoms with Crippen LogP contribution in [0, 0.1) is 17.6 Å². The molecule has 1 N–H and O–H groups in total. The molecule has 2 atom stereocenters. The molecule has 1 fully saturated rings. The molecular formula is C19H19F2NO2. The van der Waals surface area contributed by atoms with Gasteiger partial charge in [0.05, 0.1) is 5.92 Å². The van der Waals surface area contributed by atoms with Crippen LogP contribution in [0.5, 0.6) is 0 Å². The molecule has 0 aliphatic carbocycles.